The molecule has 0 spiro atoms. The number of carbonyl (C=O) groups is 1. The number of allylic oxidation sites excluding steroid dienone is 1. The molecule has 1 heterocycles. The minimum absolute atomic E-state index is 0.0563. The molecule has 2 aliphatic rings. The van der Waals surface area contributed by atoms with Crippen molar-refractivity contribution in [3.63, 3.8) is 0 Å². The zero-order valence-electron chi connectivity index (χ0n) is 12.1. The van der Waals surface area contributed by atoms with E-state index in [1.165, 1.54) is 0 Å². The van der Waals surface area contributed by atoms with Gasteiger partial charge in [-0.2, -0.15) is 0 Å². The number of phenolic OH excluding ortho intramolecular Hbond substituents is 1. The first kappa shape index (κ1) is 14.1. The fraction of sp³-hybridized carbons (Fsp3) is 0.375. The first-order valence-electron chi connectivity index (χ1n) is 6.98. The van der Waals surface area contributed by atoms with Crippen molar-refractivity contribution in [3.05, 3.63) is 41.1 Å². The van der Waals surface area contributed by atoms with Gasteiger partial charge in [-0.1, -0.05) is 26.0 Å². The molecule has 0 radical (unpaired) electrons. The Kier molecular flexibility index (Phi) is 3.24. The summed E-state index contributed by atoms with van der Waals surface area (Å²) in [6.07, 6.45) is 1.32. The van der Waals surface area contributed by atoms with E-state index in [0.717, 1.165) is 23.3 Å². The molecule has 0 aromatic heterocycles. The van der Waals surface area contributed by atoms with Crippen molar-refractivity contribution in [2.45, 2.75) is 32.7 Å². The van der Waals surface area contributed by atoms with Gasteiger partial charge in [-0.15, -0.1) is 0 Å². The van der Waals surface area contributed by atoms with Crippen molar-refractivity contribution < 1.29 is 9.90 Å². The summed E-state index contributed by atoms with van der Waals surface area (Å²) in [5.41, 5.74) is 2.44. The third-order valence-corrected chi connectivity index (χ3v) is 4.17. The molecule has 21 heavy (non-hydrogen) atoms. The Bertz CT molecular complexity index is 664. The molecular weight excluding hydrogens is 284 g/mol. The number of hydrogen-bond acceptors (Lipinski definition) is 3. The topological polar surface area (TPSA) is 61.4 Å². The van der Waals surface area contributed by atoms with Crippen LogP contribution in [0.5, 0.6) is 5.75 Å². The molecule has 5 heteroatoms. The van der Waals surface area contributed by atoms with Gasteiger partial charge in [0, 0.05) is 17.7 Å². The second-order valence-electron chi connectivity index (χ2n) is 6.46. The predicted octanol–water partition coefficient (Wildman–Crippen LogP) is 2.55. The number of phenols is 1. The van der Waals surface area contributed by atoms with Crippen molar-refractivity contribution in [3.8, 4) is 5.75 Å². The van der Waals surface area contributed by atoms with E-state index in [2.05, 4.69) is 24.5 Å². The van der Waals surface area contributed by atoms with E-state index in [-0.39, 0.29) is 23.0 Å². The fourth-order valence-corrected chi connectivity index (χ4v) is 3.35. The van der Waals surface area contributed by atoms with Crippen molar-refractivity contribution in [1.82, 2.24) is 10.6 Å². The van der Waals surface area contributed by atoms with Gasteiger partial charge < -0.3 is 15.7 Å². The second-order valence-corrected chi connectivity index (χ2v) is 6.87. The predicted molar refractivity (Wildman–Crippen MR) is 84.8 cm³/mol. The van der Waals surface area contributed by atoms with Crippen LogP contribution in [0.2, 0.25) is 0 Å². The third kappa shape index (κ3) is 2.65. The molecule has 3 rings (SSSR count). The third-order valence-electron chi connectivity index (χ3n) is 3.95. The molecule has 0 bridgehead atoms. The minimum Gasteiger partial charge on any atom is -0.508 e. The molecule has 0 unspecified atom stereocenters. The number of rotatable bonds is 1. The fourth-order valence-electron chi connectivity index (χ4n) is 3.11. The Labute approximate surface area is 129 Å². The van der Waals surface area contributed by atoms with E-state index >= 15 is 0 Å². The normalized spacial score (nSPS) is 24.2. The highest BCUT2D eigenvalue weighted by molar-refractivity contribution is 7.80. The van der Waals surface area contributed by atoms with Gasteiger partial charge in [0.25, 0.3) is 0 Å². The van der Waals surface area contributed by atoms with Gasteiger partial charge in [0.1, 0.15) is 5.75 Å². The largest absolute Gasteiger partial charge is 0.508 e. The molecule has 0 saturated heterocycles. The zero-order chi connectivity index (χ0) is 15.2. The highest BCUT2D eigenvalue weighted by Gasteiger charge is 2.39. The molecule has 1 aromatic carbocycles. The van der Waals surface area contributed by atoms with Crippen LogP contribution in [0.15, 0.2) is 35.5 Å². The standard InChI is InChI=1S/C16H18N2O2S/c1-16(2)7-11-13(12(20)8-16)14(18-15(21)17-11)9-4-3-5-10(19)6-9/h3-6,14,19H,7-8H2,1-2H3,(H2,17,18,21)/t14-/m0/s1. The van der Waals surface area contributed by atoms with Crippen LogP contribution in [0, 0.1) is 5.41 Å². The van der Waals surface area contributed by atoms with Crippen LogP contribution in [-0.2, 0) is 4.79 Å². The maximum Gasteiger partial charge on any atom is 0.171 e. The molecule has 0 amide bonds. The summed E-state index contributed by atoms with van der Waals surface area (Å²) in [5, 5.41) is 16.5. The highest BCUT2D eigenvalue weighted by atomic mass is 32.1. The summed E-state index contributed by atoms with van der Waals surface area (Å²) in [7, 11) is 0. The molecule has 4 nitrogen and oxygen atoms in total. The summed E-state index contributed by atoms with van der Waals surface area (Å²) in [6.45, 7) is 4.18. The average molecular weight is 302 g/mol. The number of carbonyl (C=O) groups excluding carboxylic acids is 1. The van der Waals surface area contributed by atoms with E-state index < -0.39 is 0 Å². The first-order valence-corrected chi connectivity index (χ1v) is 7.39. The number of benzene rings is 1. The number of ketones is 1. The number of aromatic hydroxyl groups is 1. The Morgan fingerprint density at radius 3 is 2.81 bits per heavy atom. The van der Waals surface area contributed by atoms with E-state index in [1.807, 2.05) is 6.07 Å². The molecule has 1 aliphatic heterocycles. The lowest BCUT2D eigenvalue weighted by Crippen LogP contribution is -2.48. The lowest BCUT2D eigenvalue weighted by molar-refractivity contribution is -0.118. The monoisotopic (exact) mass is 302 g/mol. The number of thiocarbonyl (C=S) groups is 1. The molecule has 110 valence electrons. The maximum absolute atomic E-state index is 12.6. The first-order chi connectivity index (χ1) is 9.85. The van der Waals surface area contributed by atoms with Gasteiger partial charge in [-0.25, -0.2) is 0 Å². The quantitative estimate of drug-likeness (QED) is 0.696. The number of hydrogen-bond donors (Lipinski definition) is 3. The van der Waals surface area contributed by atoms with Crippen molar-refractivity contribution >= 4 is 23.1 Å². The zero-order valence-corrected chi connectivity index (χ0v) is 12.9. The van der Waals surface area contributed by atoms with Crippen molar-refractivity contribution in [2.75, 3.05) is 0 Å². The Morgan fingerprint density at radius 1 is 1.33 bits per heavy atom. The van der Waals surface area contributed by atoms with Crippen LogP contribution in [0.4, 0.5) is 0 Å². The summed E-state index contributed by atoms with van der Waals surface area (Å²) >= 11 is 5.27. The molecule has 3 N–H and O–H groups in total. The van der Waals surface area contributed by atoms with Crippen LogP contribution < -0.4 is 10.6 Å². The van der Waals surface area contributed by atoms with E-state index in [9.17, 15) is 9.90 Å². The van der Waals surface area contributed by atoms with Crippen molar-refractivity contribution in [1.29, 1.82) is 0 Å². The highest BCUT2D eigenvalue weighted by Crippen LogP contribution is 2.41. The molecule has 0 fully saturated rings. The summed E-state index contributed by atoms with van der Waals surface area (Å²) < 4.78 is 0. The molecule has 1 atom stereocenters. The average Bonchev–Trinajstić information content (AvgIpc) is 2.35. The van der Waals surface area contributed by atoms with Crippen molar-refractivity contribution in [2.24, 2.45) is 5.41 Å². The summed E-state index contributed by atoms with van der Waals surface area (Å²) in [6, 6.07) is 6.66. The molecule has 1 aliphatic carbocycles. The van der Waals surface area contributed by atoms with Gasteiger partial charge in [-0.3, -0.25) is 4.79 Å². The SMILES string of the molecule is CC1(C)CC(=O)C2=C(C1)NC(=S)N[C@H]2c1cccc(O)c1. The van der Waals surface area contributed by atoms with Crippen LogP contribution in [-0.4, -0.2) is 16.0 Å². The molecule has 1 aromatic rings. The van der Waals surface area contributed by atoms with Gasteiger partial charge in [-0.05, 0) is 41.7 Å². The minimum atomic E-state index is -0.288. The van der Waals surface area contributed by atoms with Gasteiger partial charge in [0.05, 0.1) is 6.04 Å². The van der Waals surface area contributed by atoms with Crippen LogP contribution in [0.3, 0.4) is 0 Å². The lowest BCUT2D eigenvalue weighted by Gasteiger charge is -2.39. The van der Waals surface area contributed by atoms with E-state index in [4.69, 9.17) is 12.2 Å². The van der Waals surface area contributed by atoms with Gasteiger partial charge in [0.2, 0.25) is 0 Å². The Hall–Kier alpha value is -1.88. The maximum atomic E-state index is 12.6. The van der Waals surface area contributed by atoms with E-state index in [1.54, 1.807) is 18.2 Å². The van der Waals surface area contributed by atoms with E-state index in [0.29, 0.717) is 11.5 Å². The van der Waals surface area contributed by atoms with Crippen LogP contribution in [0.1, 0.15) is 38.3 Å². The van der Waals surface area contributed by atoms with Crippen LogP contribution in [0.25, 0.3) is 0 Å². The smallest absolute Gasteiger partial charge is 0.171 e. The number of Topliss-reactive ketones (excluding diaryl/α,β-unsaturated/α-hetero) is 1. The van der Waals surface area contributed by atoms with Gasteiger partial charge in [0.15, 0.2) is 10.9 Å². The summed E-state index contributed by atoms with van der Waals surface area (Å²) in [5.74, 6) is 0.321. The number of nitrogens with one attached hydrogen (secondary N) is 2. The second kappa shape index (κ2) is 4.84. The Balaban J connectivity index is 2.08. The molecule has 0 saturated carbocycles. The van der Waals surface area contributed by atoms with Gasteiger partial charge >= 0.3 is 0 Å². The lowest BCUT2D eigenvalue weighted by atomic mass is 9.73. The Morgan fingerprint density at radius 2 is 2.10 bits per heavy atom. The molecular formula is C16H18N2O2S. The summed E-state index contributed by atoms with van der Waals surface area (Å²) in [4.78, 5) is 12.6. The van der Waals surface area contributed by atoms with Crippen LogP contribution >= 0.6 is 12.2 Å².